The first kappa shape index (κ1) is 27.8. The van der Waals surface area contributed by atoms with Gasteiger partial charge in [0.15, 0.2) is 0 Å². The molecule has 2 aromatic carbocycles. The van der Waals surface area contributed by atoms with Gasteiger partial charge in [-0.1, -0.05) is 41.4 Å². The first-order valence-electron chi connectivity index (χ1n) is 11.0. The molecular formula is C24H31BrFN3O4S. The van der Waals surface area contributed by atoms with Crippen molar-refractivity contribution in [2.24, 2.45) is 0 Å². The molecule has 2 rings (SSSR count). The van der Waals surface area contributed by atoms with Crippen molar-refractivity contribution >= 4 is 43.5 Å². The average Bonchev–Trinajstić information content (AvgIpc) is 2.77. The van der Waals surface area contributed by atoms with Gasteiger partial charge in [-0.2, -0.15) is 0 Å². The second kappa shape index (κ2) is 12.3. The van der Waals surface area contributed by atoms with E-state index >= 15 is 0 Å². The van der Waals surface area contributed by atoms with Gasteiger partial charge in [-0.25, -0.2) is 12.8 Å². The lowest BCUT2D eigenvalue weighted by Gasteiger charge is -2.31. The van der Waals surface area contributed by atoms with E-state index in [1.54, 1.807) is 25.1 Å². The molecule has 0 aliphatic heterocycles. The fraction of sp³-hybridized carbons (Fsp3) is 0.417. The first-order valence-corrected chi connectivity index (χ1v) is 13.6. The van der Waals surface area contributed by atoms with Gasteiger partial charge in [0.2, 0.25) is 21.8 Å². The maximum Gasteiger partial charge on any atom is 0.244 e. The Morgan fingerprint density at radius 2 is 1.79 bits per heavy atom. The molecule has 0 radical (unpaired) electrons. The van der Waals surface area contributed by atoms with E-state index in [1.165, 1.54) is 29.2 Å². The fourth-order valence-electron chi connectivity index (χ4n) is 3.30. The van der Waals surface area contributed by atoms with E-state index in [2.05, 4.69) is 21.2 Å². The molecule has 0 fully saturated rings. The SMILES string of the molecule is CCCCNC(=O)[C@H](C)N(Cc1ccc(F)cc1)C(=O)CN(c1ccc(Br)c(C)c1)S(C)(=O)=O. The summed E-state index contributed by atoms with van der Waals surface area (Å²) in [7, 11) is -3.80. The van der Waals surface area contributed by atoms with E-state index < -0.39 is 34.3 Å². The number of hydrogen-bond acceptors (Lipinski definition) is 4. The molecule has 7 nitrogen and oxygen atoms in total. The lowest BCUT2D eigenvalue weighted by Crippen LogP contribution is -2.51. The van der Waals surface area contributed by atoms with Crippen LogP contribution in [0.2, 0.25) is 0 Å². The summed E-state index contributed by atoms with van der Waals surface area (Å²) in [6.45, 7) is 5.44. The van der Waals surface area contributed by atoms with Gasteiger partial charge in [-0.05, 0) is 61.7 Å². The quantitative estimate of drug-likeness (QED) is 0.424. The molecule has 1 atom stereocenters. The van der Waals surface area contributed by atoms with Crippen LogP contribution in [0.1, 0.15) is 37.8 Å². The molecule has 0 saturated carbocycles. The van der Waals surface area contributed by atoms with Crippen molar-refractivity contribution < 1.29 is 22.4 Å². The minimum Gasteiger partial charge on any atom is -0.354 e. The molecule has 0 aromatic heterocycles. The number of nitrogens with zero attached hydrogens (tertiary/aromatic N) is 2. The van der Waals surface area contributed by atoms with E-state index in [1.807, 2.05) is 13.8 Å². The normalized spacial score (nSPS) is 12.2. The number of anilines is 1. The third-order valence-electron chi connectivity index (χ3n) is 5.37. The minimum atomic E-state index is -3.80. The van der Waals surface area contributed by atoms with E-state index in [-0.39, 0.29) is 12.5 Å². The number of benzene rings is 2. The second-order valence-electron chi connectivity index (χ2n) is 8.17. The van der Waals surface area contributed by atoms with Crippen LogP contribution in [-0.2, 0) is 26.2 Å². The standard InChI is InChI=1S/C24H31BrFN3O4S/c1-5-6-13-27-24(31)18(3)28(15-19-7-9-20(26)10-8-19)23(30)16-29(34(4,32)33)21-11-12-22(25)17(2)14-21/h7-12,14,18H,5-6,13,15-16H2,1-4H3,(H,27,31)/t18-/m0/s1. The van der Waals surface area contributed by atoms with E-state index in [0.717, 1.165) is 33.4 Å². The Bertz CT molecular complexity index is 1110. The zero-order valence-corrected chi connectivity index (χ0v) is 22.2. The van der Waals surface area contributed by atoms with E-state index in [4.69, 9.17) is 0 Å². The number of hydrogen-bond donors (Lipinski definition) is 1. The van der Waals surface area contributed by atoms with Crippen LogP contribution in [0.4, 0.5) is 10.1 Å². The van der Waals surface area contributed by atoms with Crippen molar-refractivity contribution in [3.63, 3.8) is 0 Å². The maximum atomic E-state index is 13.4. The Morgan fingerprint density at radius 1 is 1.15 bits per heavy atom. The van der Waals surface area contributed by atoms with Gasteiger partial charge in [0.1, 0.15) is 18.4 Å². The molecule has 2 amide bonds. The largest absolute Gasteiger partial charge is 0.354 e. The van der Waals surface area contributed by atoms with Crippen molar-refractivity contribution in [1.29, 1.82) is 0 Å². The summed E-state index contributed by atoms with van der Waals surface area (Å²) in [4.78, 5) is 27.5. The second-order valence-corrected chi connectivity index (χ2v) is 10.9. The van der Waals surface area contributed by atoms with Crippen molar-refractivity contribution in [2.45, 2.75) is 46.2 Å². The smallest absolute Gasteiger partial charge is 0.244 e. The molecule has 0 bridgehead atoms. The molecule has 0 aliphatic rings. The summed E-state index contributed by atoms with van der Waals surface area (Å²) in [5.74, 6) is -1.30. The number of amides is 2. The molecule has 0 aliphatic carbocycles. The number of carbonyl (C=O) groups is 2. The molecule has 0 heterocycles. The van der Waals surface area contributed by atoms with Gasteiger partial charge in [-0.15, -0.1) is 0 Å². The Morgan fingerprint density at radius 3 is 2.35 bits per heavy atom. The number of aryl methyl sites for hydroxylation is 1. The Hall–Kier alpha value is -2.46. The van der Waals surface area contributed by atoms with Crippen molar-refractivity contribution in [3.05, 3.63) is 63.9 Å². The number of nitrogens with one attached hydrogen (secondary N) is 1. The molecule has 186 valence electrons. The summed E-state index contributed by atoms with van der Waals surface area (Å²) < 4.78 is 40.4. The number of halogens is 2. The van der Waals surface area contributed by atoms with Crippen molar-refractivity contribution in [1.82, 2.24) is 10.2 Å². The van der Waals surface area contributed by atoms with E-state index in [9.17, 15) is 22.4 Å². The molecule has 10 heteroatoms. The molecule has 0 saturated heterocycles. The lowest BCUT2D eigenvalue weighted by atomic mass is 10.1. The highest BCUT2D eigenvalue weighted by Gasteiger charge is 2.30. The van der Waals surface area contributed by atoms with Gasteiger partial charge in [0, 0.05) is 17.6 Å². The van der Waals surface area contributed by atoms with Crippen LogP contribution in [0.15, 0.2) is 46.9 Å². The van der Waals surface area contributed by atoms with Crippen LogP contribution in [-0.4, -0.2) is 50.5 Å². The molecular weight excluding hydrogens is 525 g/mol. The van der Waals surface area contributed by atoms with Gasteiger partial charge in [0.05, 0.1) is 11.9 Å². The van der Waals surface area contributed by atoms with Gasteiger partial charge in [0.25, 0.3) is 0 Å². The van der Waals surface area contributed by atoms with Crippen LogP contribution < -0.4 is 9.62 Å². The zero-order chi connectivity index (χ0) is 25.5. The number of carbonyl (C=O) groups excluding carboxylic acids is 2. The number of rotatable bonds is 11. The summed E-state index contributed by atoms with van der Waals surface area (Å²) in [6, 6.07) is 9.75. The Labute approximate surface area is 209 Å². The van der Waals surface area contributed by atoms with Crippen LogP contribution >= 0.6 is 15.9 Å². The number of unbranched alkanes of at least 4 members (excludes halogenated alkanes) is 1. The van der Waals surface area contributed by atoms with Crippen LogP contribution in [0.25, 0.3) is 0 Å². The predicted molar refractivity (Wildman–Crippen MR) is 135 cm³/mol. The molecule has 1 N–H and O–H groups in total. The van der Waals surface area contributed by atoms with Gasteiger partial charge >= 0.3 is 0 Å². The monoisotopic (exact) mass is 555 g/mol. The van der Waals surface area contributed by atoms with Crippen LogP contribution in [0, 0.1) is 12.7 Å². The summed E-state index contributed by atoms with van der Waals surface area (Å²) in [5, 5.41) is 2.81. The summed E-state index contributed by atoms with van der Waals surface area (Å²) >= 11 is 3.39. The highest BCUT2D eigenvalue weighted by Crippen LogP contribution is 2.25. The summed E-state index contributed by atoms with van der Waals surface area (Å²) in [6.07, 6.45) is 2.74. The first-order chi connectivity index (χ1) is 15.9. The average molecular weight is 556 g/mol. The molecule has 34 heavy (non-hydrogen) atoms. The molecule has 2 aromatic rings. The molecule has 0 spiro atoms. The topological polar surface area (TPSA) is 86.8 Å². The highest BCUT2D eigenvalue weighted by atomic mass is 79.9. The highest BCUT2D eigenvalue weighted by molar-refractivity contribution is 9.10. The van der Waals surface area contributed by atoms with Crippen LogP contribution in [0.3, 0.4) is 0 Å². The molecule has 0 unspecified atom stereocenters. The Balaban J connectivity index is 2.35. The maximum absolute atomic E-state index is 13.4. The van der Waals surface area contributed by atoms with Gasteiger partial charge in [-0.3, -0.25) is 13.9 Å². The predicted octanol–water partition coefficient (Wildman–Crippen LogP) is 4.00. The van der Waals surface area contributed by atoms with Crippen molar-refractivity contribution in [3.8, 4) is 0 Å². The minimum absolute atomic E-state index is 0.0262. The van der Waals surface area contributed by atoms with E-state index in [0.29, 0.717) is 17.8 Å². The zero-order valence-electron chi connectivity index (χ0n) is 19.8. The van der Waals surface area contributed by atoms with Gasteiger partial charge < -0.3 is 10.2 Å². The summed E-state index contributed by atoms with van der Waals surface area (Å²) in [5.41, 5.74) is 1.78. The fourth-order valence-corrected chi connectivity index (χ4v) is 4.39. The Kier molecular flexibility index (Phi) is 10.1. The third-order valence-corrected chi connectivity index (χ3v) is 7.40. The lowest BCUT2D eigenvalue weighted by molar-refractivity contribution is -0.139. The van der Waals surface area contributed by atoms with Crippen LogP contribution in [0.5, 0.6) is 0 Å². The van der Waals surface area contributed by atoms with Crippen molar-refractivity contribution in [2.75, 3.05) is 23.7 Å². The third kappa shape index (κ3) is 7.80. The number of sulfonamides is 1.